The minimum atomic E-state index is -0.298. The summed E-state index contributed by atoms with van der Waals surface area (Å²) in [5.74, 6) is -0.285. The van der Waals surface area contributed by atoms with Crippen LogP contribution in [0.5, 0.6) is 0 Å². The number of hydrogen-bond donors (Lipinski definition) is 0. The van der Waals surface area contributed by atoms with Crippen LogP contribution in [0.3, 0.4) is 0 Å². The Hall–Kier alpha value is -0.900. The molecule has 1 saturated heterocycles. The van der Waals surface area contributed by atoms with Crippen molar-refractivity contribution in [2.75, 3.05) is 13.1 Å². The van der Waals surface area contributed by atoms with Crippen molar-refractivity contribution in [3.63, 3.8) is 0 Å². The Morgan fingerprint density at radius 1 is 1.47 bits per heavy atom. The highest BCUT2D eigenvalue weighted by Crippen LogP contribution is 2.18. The molecular formula is C13H15BrFNO. The van der Waals surface area contributed by atoms with Gasteiger partial charge in [0.15, 0.2) is 0 Å². The third-order valence-corrected chi connectivity index (χ3v) is 3.76. The molecule has 2 rings (SSSR count). The molecule has 1 amide bonds. The molecule has 1 aliphatic rings. The summed E-state index contributed by atoms with van der Waals surface area (Å²) in [6, 6.07) is 6.46. The molecule has 1 aromatic rings. The lowest BCUT2D eigenvalue weighted by atomic mass is 10.1. The van der Waals surface area contributed by atoms with Gasteiger partial charge >= 0.3 is 0 Å². The Balaban J connectivity index is 1.99. The summed E-state index contributed by atoms with van der Waals surface area (Å²) in [5.41, 5.74) is 0.481. The monoisotopic (exact) mass is 299 g/mol. The average Bonchev–Trinajstić information content (AvgIpc) is 2.32. The fourth-order valence-corrected chi connectivity index (χ4v) is 2.74. The Morgan fingerprint density at radius 3 is 2.94 bits per heavy atom. The van der Waals surface area contributed by atoms with Gasteiger partial charge in [-0.1, -0.05) is 34.1 Å². The van der Waals surface area contributed by atoms with Crippen LogP contribution < -0.4 is 0 Å². The molecular weight excluding hydrogens is 285 g/mol. The van der Waals surface area contributed by atoms with E-state index in [0.717, 1.165) is 25.9 Å². The van der Waals surface area contributed by atoms with Crippen molar-refractivity contribution in [2.45, 2.75) is 24.1 Å². The number of likely N-dealkylation sites (tertiary alicyclic amines) is 1. The highest BCUT2D eigenvalue weighted by atomic mass is 79.9. The van der Waals surface area contributed by atoms with E-state index in [9.17, 15) is 9.18 Å². The van der Waals surface area contributed by atoms with Crippen molar-refractivity contribution in [3.05, 3.63) is 35.6 Å². The van der Waals surface area contributed by atoms with Gasteiger partial charge < -0.3 is 4.90 Å². The molecule has 1 aliphatic heterocycles. The fraction of sp³-hybridized carbons (Fsp3) is 0.462. The van der Waals surface area contributed by atoms with Crippen molar-refractivity contribution in [3.8, 4) is 0 Å². The molecule has 92 valence electrons. The van der Waals surface area contributed by atoms with Crippen molar-refractivity contribution in [1.29, 1.82) is 0 Å². The molecule has 1 fully saturated rings. The van der Waals surface area contributed by atoms with Gasteiger partial charge in [0.05, 0.1) is 6.42 Å². The smallest absolute Gasteiger partial charge is 0.227 e. The van der Waals surface area contributed by atoms with E-state index in [-0.39, 0.29) is 18.1 Å². The second kappa shape index (κ2) is 5.63. The largest absolute Gasteiger partial charge is 0.341 e. The number of alkyl halides is 1. The topological polar surface area (TPSA) is 20.3 Å². The molecule has 0 aromatic heterocycles. The van der Waals surface area contributed by atoms with Gasteiger partial charge in [-0.05, 0) is 24.5 Å². The van der Waals surface area contributed by atoms with E-state index in [1.54, 1.807) is 18.2 Å². The Labute approximate surface area is 109 Å². The third kappa shape index (κ3) is 3.28. The number of carbonyl (C=O) groups is 1. The highest BCUT2D eigenvalue weighted by molar-refractivity contribution is 9.09. The van der Waals surface area contributed by atoms with E-state index >= 15 is 0 Å². The zero-order valence-electron chi connectivity index (χ0n) is 9.53. The molecule has 0 N–H and O–H groups in total. The molecule has 0 bridgehead atoms. The summed E-state index contributed by atoms with van der Waals surface area (Å²) in [6.45, 7) is 1.52. The van der Waals surface area contributed by atoms with Gasteiger partial charge in [0.1, 0.15) is 5.82 Å². The molecule has 4 heteroatoms. The summed E-state index contributed by atoms with van der Waals surface area (Å²) in [5, 5.41) is 0. The van der Waals surface area contributed by atoms with Gasteiger partial charge in [0.2, 0.25) is 5.91 Å². The summed E-state index contributed by atoms with van der Waals surface area (Å²) in [4.78, 5) is 14.2. The van der Waals surface area contributed by atoms with Crippen molar-refractivity contribution < 1.29 is 9.18 Å². The maximum absolute atomic E-state index is 13.4. The van der Waals surface area contributed by atoms with Gasteiger partial charge in [-0.15, -0.1) is 0 Å². The second-order valence-corrected chi connectivity index (χ2v) is 5.64. The maximum Gasteiger partial charge on any atom is 0.227 e. The summed E-state index contributed by atoms with van der Waals surface area (Å²) >= 11 is 3.53. The second-order valence-electron chi connectivity index (χ2n) is 4.35. The first-order valence-electron chi connectivity index (χ1n) is 5.82. The standard InChI is InChI=1S/C13H15BrFNO/c14-11-5-3-7-16(9-11)13(17)8-10-4-1-2-6-12(10)15/h1-2,4,6,11H,3,5,7-9H2. The lowest BCUT2D eigenvalue weighted by Crippen LogP contribution is -2.41. The summed E-state index contributed by atoms with van der Waals surface area (Å²) in [6.07, 6.45) is 2.27. The van der Waals surface area contributed by atoms with Crippen LogP contribution in [-0.2, 0) is 11.2 Å². The third-order valence-electron chi connectivity index (χ3n) is 3.02. The quantitative estimate of drug-likeness (QED) is 0.769. The van der Waals surface area contributed by atoms with Gasteiger partial charge in [0.25, 0.3) is 0 Å². The van der Waals surface area contributed by atoms with Crippen molar-refractivity contribution in [2.24, 2.45) is 0 Å². The average molecular weight is 300 g/mol. The number of amides is 1. The normalized spacial score (nSPS) is 20.4. The molecule has 0 spiro atoms. The molecule has 17 heavy (non-hydrogen) atoms. The lowest BCUT2D eigenvalue weighted by Gasteiger charge is -2.30. The van der Waals surface area contributed by atoms with Crippen LogP contribution in [0.2, 0.25) is 0 Å². The molecule has 1 unspecified atom stereocenters. The van der Waals surface area contributed by atoms with E-state index in [1.807, 2.05) is 4.90 Å². The van der Waals surface area contributed by atoms with E-state index < -0.39 is 0 Å². The first-order valence-corrected chi connectivity index (χ1v) is 6.73. The number of hydrogen-bond acceptors (Lipinski definition) is 1. The zero-order chi connectivity index (χ0) is 12.3. The van der Waals surface area contributed by atoms with Gasteiger partial charge in [-0.25, -0.2) is 4.39 Å². The van der Waals surface area contributed by atoms with Crippen LogP contribution in [0, 0.1) is 5.82 Å². The molecule has 0 aliphatic carbocycles. The van der Waals surface area contributed by atoms with E-state index in [1.165, 1.54) is 6.07 Å². The lowest BCUT2D eigenvalue weighted by molar-refractivity contribution is -0.131. The highest BCUT2D eigenvalue weighted by Gasteiger charge is 2.22. The maximum atomic E-state index is 13.4. The molecule has 1 aromatic carbocycles. The molecule has 2 nitrogen and oxygen atoms in total. The van der Waals surface area contributed by atoms with E-state index in [2.05, 4.69) is 15.9 Å². The number of rotatable bonds is 2. The van der Waals surface area contributed by atoms with Crippen molar-refractivity contribution >= 4 is 21.8 Å². The summed E-state index contributed by atoms with van der Waals surface area (Å²) < 4.78 is 13.4. The van der Waals surface area contributed by atoms with Gasteiger partial charge in [-0.2, -0.15) is 0 Å². The number of nitrogens with zero attached hydrogens (tertiary/aromatic N) is 1. The van der Waals surface area contributed by atoms with Crippen LogP contribution in [0.15, 0.2) is 24.3 Å². The van der Waals surface area contributed by atoms with Crippen LogP contribution in [0.1, 0.15) is 18.4 Å². The minimum Gasteiger partial charge on any atom is -0.341 e. The molecule has 0 radical (unpaired) electrons. The van der Waals surface area contributed by atoms with E-state index in [4.69, 9.17) is 0 Å². The van der Waals surface area contributed by atoms with Gasteiger partial charge in [-0.3, -0.25) is 4.79 Å². The van der Waals surface area contributed by atoms with Crippen LogP contribution in [-0.4, -0.2) is 28.7 Å². The minimum absolute atomic E-state index is 0.0132. The molecule has 1 heterocycles. The van der Waals surface area contributed by atoms with Gasteiger partial charge in [0, 0.05) is 17.9 Å². The predicted molar refractivity (Wildman–Crippen MR) is 68.6 cm³/mol. The number of halogens is 2. The molecule has 0 saturated carbocycles. The Morgan fingerprint density at radius 2 is 2.24 bits per heavy atom. The van der Waals surface area contributed by atoms with Crippen LogP contribution in [0.4, 0.5) is 4.39 Å². The molecule has 1 atom stereocenters. The van der Waals surface area contributed by atoms with E-state index in [0.29, 0.717) is 10.4 Å². The Bertz CT molecular complexity index is 410. The van der Waals surface area contributed by atoms with Crippen molar-refractivity contribution in [1.82, 2.24) is 4.90 Å². The first kappa shape index (κ1) is 12.6. The first-order chi connectivity index (χ1) is 8.16. The predicted octanol–water partition coefficient (Wildman–Crippen LogP) is 2.75. The SMILES string of the molecule is O=C(Cc1ccccc1F)N1CCCC(Br)C1. The number of carbonyl (C=O) groups excluding carboxylic acids is 1. The summed E-state index contributed by atoms with van der Waals surface area (Å²) in [7, 11) is 0. The Kier molecular flexibility index (Phi) is 4.15. The van der Waals surface area contributed by atoms with Crippen LogP contribution >= 0.6 is 15.9 Å². The number of benzene rings is 1. The fourth-order valence-electron chi connectivity index (χ4n) is 2.07. The van der Waals surface area contributed by atoms with Crippen LogP contribution in [0.25, 0.3) is 0 Å². The number of piperidine rings is 1. The zero-order valence-corrected chi connectivity index (χ0v) is 11.1.